The van der Waals surface area contributed by atoms with E-state index in [1.165, 1.54) is 136 Å². The Bertz CT molecular complexity index is 4340. The number of anilines is 2. The summed E-state index contributed by atoms with van der Waals surface area (Å²) in [7, 11) is 1.65. The molecule has 0 bridgehead atoms. The molecule has 12 aromatic rings. The van der Waals surface area contributed by atoms with Crippen LogP contribution in [0.3, 0.4) is 0 Å². The number of fused-ring (bicyclic) bond motifs is 6. The number of amidine groups is 1. The summed E-state index contributed by atoms with van der Waals surface area (Å²) in [5.74, 6) is 2.22. The number of hydrogen-bond donors (Lipinski definition) is 3. The molecule has 19 nitrogen and oxygen atoms in total. The lowest BCUT2D eigenvalue weighted by Crippen LogP contribution is -2.29. The minimum Gasteiger partial charge on any atom is -0.497 e. The maximum absolute atomic E-state index is 5.88. The van der Waals surface area contributed by atoms with Crippen molar-refractivity contribution in [3.63, 3.8) is 0 Å². The zero-order valence-corrected chi connectivity index (χ0v) is 60.0. The first-order chi connectivity index (χ1) is 44.5. The number of ether oxygens (including phenoxy) is 1. The second kappa shape index (κ2) is 33.2. The molecule has 0 saturated carbocycles. The number of nitrogen functional groups attached to an aromatic ring is 1. The van der Waals surface area contributed by atoms with Gasteiger partial charge >= 0.3 is 0 Å². The molecule has 0 radical (unpaired) electrons. The Labute approximate surface area is 578 Å². The summed E-state index contributed by atoms with van der Waals surface area (Å²) in [6.45, 7) is 12.4. The average Bonchev–Trinajstić information content (AvgIpc) is 3.26. The van der Waals surface area contributed by atoms with E-state index in [1.807, 2.05) is 84.8 Å². The Morgan fingerprint density at radius 2 is 1.11 bits per heavy atom. The molecule has 1 aromatic carbocycles. The highest BCUT2D eigenvalue weighted by Gasteiger charge is 2.20. The molecule has 0 atom stereocenters. The highest BCUT2D eigenvalue weighted by molar-refractivity contribution is 9.11. The number of pyridine rings is 6. The zero-order chi connectivity index (χ0) is 62.9. The topological polar surface area (TPSA) is 225 Å². The number of piperidine rings is 3. The fraction of sp³-hybridized carbons (Fsp3) is 0.344. The summed E-state index contributed by atoms with van der Waals surface area (Å²) < 4.78 is 32.2. The van der Waals surface area contributed by atoms with Crippen LogP contribution in [0.25, 0.3) is 51.9 Å². The highest BCUT2D eigenvalue weighted by Crippen LogP contribution is 2.30. The predicted octanol–water partition coefficient (Wildman–Crippen LogP) is 15.8. The number of aliphatic imine (C=N–C) groups is 1. The van der Waals surface area contributed by atoms with Crippen molar-refractivity contribution in [2.75, 3.05) is 57.4 Å². The number of hydrogen-bond acceptors (Lipinski definition) is 22. The SMILES string of the molecule is BrCc1nsc2cc(Br)cnc12.Brc1cnc2c(CN3CCCCC3)nsc2c1.C1CCNCC1.COc1ccc(Cn2nc(N)c3cccnc32)cc1.Cc1nsc2cc(Br)cnc12.c1cnc2c(c1)C(Nc1cnc3c(CN4CCCCC4)nsc3c1)=NC2. The van der Waals surface area contributed by atoms with Crippen molar-refractivity contribution in [1.82, 2.24) is 72.3 Å². The maximum Gasteiger partial charge on any atom is 0.160 e. The lowest BCUT2D eigenvalue weighted by atomic mass is 10.1. The fourth-order valence-corrected chi connectivity index (χ4v) is 15.8. The van der Waals surface area contributed by atoms with Crippen LogP contribution in [0.15, 0.2) is 128 Å². The van der Waals surface area contributed by atoms with Crippen LogP contribution < -0.4 is 21.1 Å². The minimum atomic E-state index is 0.511. The van der Waals surface area contributed by atoms with Gasteiger partial charge in [0, 0.05) is 68.4 Å². The maximum atomic E-state index is 5.88. The molecular formula is C64H68Br4N18OS4. The van der Waals surface area contributed by atoms with Gasteiger partial charge in [-0.1, -0.05) is 47.3 Å². The lowest BCUT2D eigenvalue weighted by molar-refractivity contribution is 0.220. The van der Waals surface area contributed by atoms with E-state index in [2.05, 4.69) is 155 Å². The molecule has 15 heterocycles. The number of methoxy groups -OCH3 is 1. The summed E-state index contributed by atoms with van der Waals surface area (Å²) in [6.07, 6.45) is 23.1. The summed E-state index contributed by atoms with van der Waals surface area (Å²) in [5.41, 5.74) is 19.2. The Morgan fingerprint density at radius 1 is 0.582 bits per heavy atom. The lowest BCUT2D eigenvalue weighted by Gasteiger charge is -2.25. The highest BCUT2D eigenvalue weighted by atomic mass is 79.9. The van der Waals surface area contributed by atoms with E-state index in [0.29, 0.717) is 18.9 Å². The Kier molecular flexibility index (Phi) is 24.3. The van der Waals surface area contributed by atoms with Crippen molar-refractivity contribution >= 4 is 179 Å². The fourth-order valence-electron chi connectivity index (χ4n) is 10.6. The van der Waals surface area contributed by atoms with Gasteiger partial charge in [0.1, 0.15) is 33.7 Å². The molecule has 0 aliphatic carbocycles. The molecule has 0 spiro atoms. The molecule has 4 aliphatic rings. The summed E-state index contributed by atoms with van der Waals surface area (Å²) in [6, 6.07) is 23.9. The molecule has 472 valence electrons. The average molecular weight is 1550 g/mol. The molecule has 4 aliphatic heterocycles. The van der Waals surface area contributed by atoms with Gasteiger partial charge in [-0.05, 0) is 245 Å². The van der Waals surface area contributed by atoms with Gasteiger partial charge in [0.2, 0.25) is 0 Å². The van der Waals surface area contributed by atoms with Crippen LogP contribution in [0, 0.1) is 6.92 Å². The molecule has 0 amide bonds. The Hall–Kier alpha value is -5.98. The number of nitrogens with one attached hydrogen (secondary N) is 2. The quantitative estimate of drug-likeness (QED) is 0.114. The molecule has 3 fully saturated rings. The number of aromatic nitrogens is 12. The number of aryl methyl sites for hydroxylation is 1. The smallest absolute Gasteiger partial charge is 0.160 e. The Morgan fingerprint density at radius 3 is 1.69 bits per heavy atom. The number of nitrogens with two attached hydrogens (primary N) is 1. The van der Waals surface area contributed by atoms with E-state index in [0.717, 1.165) is 136 Å². The van der Waals surface area contributed by atoms with Crippen LogP contribution in [0.1, 0.15) is 97.4 Å². The van der Waals surface area contributed by atoms with E-state index < -0.39 is 0 Å². The molecule has 0 unspecified atom stereocenters. The third-order valence-corrected chi connectivity index (χ3v) is 20.5. The van der Waals surface area contributed by atoms with E-state index in [9.17, 15) is 0 Å². The van der Waals surface area contributed by atoms with Gasteiger partial charge in [-0.3, -0.25) is 39.7 Å². The number of benzene rings is 1. The molecule has 4 N–H and O–H groups in total. The number of alkyl halides is 1. The molecule has 16 rings (SSSR count). The van der Waals surface area contributed by atoms with Crippen molar-refractivity contribution < 1.29 is 4.74 Å². The van der Waals surface area contributed by atoms with Gasteiger partial charge in [-0.25, -0.2) is 9.67 Å². The first-order valence-corrected chi connectivity index (χ1v) is 36.7. The van der Waals surface area contributed by atoms with Gasteiger partial charge in [0.05, 0.1) is 84.7 Å². The molecular weight excluding hydrogens is 1480 g/mol. The zero-order valence-electron chi connectivity index (χ0n) is 50.4. The third-order valence-electron chi connectivity index (χ3n) is 15.3. The molecule has 27 heteroatoms. The van der Waals surface area contributed by atoms with Crippen LogP contribution in [-0.2, 0) is 31.5 Å². The van der Waals surface area contributed by atoms with Crippen molar-refractivity contribution in [3.05, 3.63) is 163 Å². The van der Waals surface area contributed by atoms with Gasteiger partial charge in [-0.2, -0.15) is 22.6 Å². The van der Waals surface area contributed by atoms with Crippen LogP contribution in [-0.4, -0.2) is 119 Å². The summed E-state index contributed by atoms with van der Waals surface area (Å²) >= 11 is 19.6. The Balaban J connectivity index is 0.000000117. The third kappa shape index (κ3) is 18.0. The van der Waals surface area contributed by atoms with E-state index in [-0.39, 0.29) is 0 Å². The second-order valence-electron chi connectivity index (χ2n) is 21.9. The molecule has 3 saturated heterocycles. The second-order valence-corrected chi connectivity index (χ2v) is 28.4. The van der Waals surface area contributed by atoms with E-state index >= 15 is 0 Å². The monoisotopic (exact) mass is 1550 g/mol. The van der Waals surface area contributed by atoms with E-state index in [1.54, 1.807) is 37.2 Å². The largest absolute Gasteiger partial charge is 0.497 e. The van der Waals surface area contributed by atoms with Gasteiger partial charge in [0.15, 0.2) is 11.5 Å². The number of rotatable bonds is 9. The summed E-state index contributed by atoms with van der Waals surface area (Å²) in [5, 5.41) is 12.7. The standard InChI is InChI=1S/C19H20N6S.C14H14N4O.C12H14BrN3S.C7H4Br2N2S.C7H5BrN2S.C5H11N/c1-2-7-25(8-3-1)12-16-18-17(26-24-16)9-13(10-21-18)23-19-14-5-4-6-20-15(14)11-22-19;1-19-11-6-4-10(5-7-11)9-18-14-12(13(15)17-18)3-2-8-16-14;13-9-6-11-12(14-7-9)10(15-17-11)8-16-4-2-1-3-5-16;8-2-5-7-6(12-11-5)1-4(9)3-10-7;1-4-7-6(11-10-4)2-5(8)3-9-7;1-2-4-6-5-3-1/h4-6,9-10H,1-3,7-8,11-12H2,(H,22,23);2-8H,9H2,1H3,(H2,15,17);6-7H,1-5,8H2;1,3H,2H2;2-3H,1H3;6H,1-5H2. The van der Waals surface area contributed by atoms with Crippen molar-refractivity contribution in [1.29, 1.82) is 0 Å². The van der Waals surface area contributed by atoms with Crippen LogP contribution in [0.5, 0.6) is 5.75 Å². The first kappa shape index (κ1) is 66.5. The van der Waals surface area contributed by atoms with Gasteiger partial charge in [-0.15, -0.1) is 0 Å². The molecule has 91 heavy (non-hydrogen) atoms. The van der Waals surface area contributed by atoms with Crippen molar-refractivity contribution in [2.45, 2.75) is 96.2 Å². The van der Waals surface area contributed by atoms with E-state index in [4.69, 9.17) is 15.5 Å². The van der Waals surface area contributed by atoms with Gasteiger partial charge < -0.3 is 21.1 Å². The van der Waals surface area contributed by atoms with Gasteiger partial charge in [0.25, 0.3) is 0 Å². The number of likely N-dealkylation sites (tertiary alicyclic amines) is 2. The normalized spacial score (nSPS) is 14.8. The number of nitrogens with zero attached hydrogens (tertiary/aromatic N) is 15. The predicted molar refractivity (Wildman–Crippen MR) is 387 cm³/mol. The van der Waals surface area contributed by atoms with Crippen LogP contribution in [0.2, 0.25) is 0 Å². The van der Waals surface area contributed by atoms with Crippen molar-refractivity contribution in [2.24, 2.45) is 4.99 Å². The molecule has 11 aromatic heterocycles. The number of halogens is 4. The van der Waals surface area contributed by atoms with Crippen molar-refractivity contribution in [3.8, 4) is 5.75 Å². The van der Waals surface area contributed by atoms with Crippen LogP contribution >= 0.6 is 110 Å². The minimum absolute atomic E-state index is 0.511. The summed E-state index contributed by atoms with van der Waals surface area (Å²) in [4.78, 5) is 35.9. The first-order valence-electron chi connectivity index (χ1n) is 30.1. The van der Waals surface area contributed by atoms with Crippen LogP contribution in [0.4, 0.5) is 11.5 Å².